The summed E-state index contributed by atoms with van der Waals surface area (Å²) in [6, 6.07) is 16.4. The molecule has 36 heavy (non-hydrogen) atoms. The minimum absolute atomic E-state index is 0.240. The maximum absolute atomic E-state index is 14.3. The fourth-order valence-corrected chi connectivity index (χ4v) is 5.43. The number of benzene rings is 3. The molecule has 1 heterocycles. The molecule has 5 nitrogen and oxygen atoms in total. The summed E-state index contributed by atoms with van der Waals surface area (Å²) in [6.07, 6.45) is 0.573. The zero-order chi connectivity index (χ0) is 25.8. The number of halogens is 3. The van der Waals surface area contributed by atoms with Gasteiger partial charge in [0, 0.05) is 16.6 Å². The number of piperidine rings is 1. The Labute approximate surface area is 220 Å². The molecule has 3 aromatic carbocycles. The van der Waals surface area contributed by atoms with E-state index in [-0.39, 0.29) is 30.1 Å². The number of carbonyl (C=O) groups is 1. The van der Waals surface area contributed by atoms with E-state index in [4.69, 9.17) is 27.9 Å². The lowest BCUT2D eigenvalue weighted by atomic mass is 9.90. The van der Waals surface area contributed by atoms with Crippen molar-refractivity contribution >= 4 is 29.2 Å². The van der Waals surface area contributed by atoms with Crippen molar-refractivity contribution in [3.05, 3.63) is 104 Å². The van der Waals surface area contributed by atoms with E-state index in [1.807, 2.05) is 19.1 Å². The second kappa shape index (κ2) is 11.7. The van der Waals surface area contributed by atoms with Crippen molar-refractivity contribution in [2.24, 2.45) is 0 Å². The van der Waals surface area contributed by atoms with Crippen molar-refractivity contribution in [2.45, 2.75) is 44.6 Å². The summed E-state index contributed by atoms with van der Waals surface area (Å²) in [5.41, 5.74) is 3.55. The van der Waals surface area contributed by atoms with Gasteiger partial charge in [0.15, 0.2) is 0 Å². The second-order valence-electron chi connectivity index (χ2n) is 9.11. The van der Waals surface area contributed by atoms with Crippen LogP contribution in [0.5, 0.6) is 0 Å². The Morgan fingerprint density at radius 3 is 2.53 bits per heavy atom. The number of aliphatic hydroxyl groups is 1. The lowest BCUT2D eigenvalue weighted by molar-refractivity contribution is -0.100. The zero-order valence-corrected chi connectivity index (χ0v) is 21.3. The Balaban J connectivity index is 1.66. The molecule has 4 rings (SSSR count). The average Bonchev–Trinajstić information content (AvgIpc) is 2.83. The van der Waals surface area contributed by atoms with Crippen LogP contribution >= 0.6 is 23.2 Å². The number of likely N-dealkylation sites (tertiary alicyclic amines) is 1. The van der Waals surface area contributed by atoms with Gasteiger partial charge in [0.2, 0.25) is 0 Å². The molecule has 2 N–H and O–H groups in total. The second-order valence-corrected chi connectivity index (χ2v) is 9.98. The first-order valence-electron chi connectivity index (χ1n) is 11.8. The highest BCUT2D eigenvalue weighted by molar-refractivity contribution is 6.34. The molecule has 1 saturated heterocycles. The van der Waals surface area contributed by atoms with Crippen LogP contribution in [0.2, 0.25) is 10.0 Å². The minimum atomic E-state index is -0.968. The molecule has 0 saturated carbocycles. The van der Waals surface area contributed by atoms with Gasteiger partial charge >= 0.3 is 5.97 Å². The van der Waals surface area contributed by atoms with Crippen molar-refractivity contribution < 1.29 is 24.1 Å². The van der Waals surface area contributed by atoms with Crippen LogP contribution in [0.25, 0.3) is 0 Å². The van der Waals surface area contributed by atoms with Crippen molar-refractivity contribution in [3.63, 3.8) is 0 Å². The predicted octanol–water partition coefficient (Wildman–Crippen LogP) is 6.60. The van der Waals surface area contributed by atoms with Crippen molar-refractivity contribution in [1.82, 2.24) is 4.90 Å². The topological polar surface area (TPSA) is 70.0 Å². The maximum atomic E-state index is 14.3. The zero-order valence-electron chi connectivity index (χ0n) is 19.8. The van der Waals surface area contributed by atoms with E-state index in [1.54, 1.807) is 36.4 Å². The molecule has 0 unspecified atom stereocenters. The van der Waals surface area contributed by atoms with Crippen LogP contribution in [0.4, 0.5) is 4.39 Å². The largest absolute Gasteiger partial charge is 0.478 e. The number of hydrogen-bond donors (Lipinski definition) is 2. The molecular formula is C28H28Cl2FNO4. The van der Waals surface area contributed by atoms with Crippen LogP contribution < -0.4 is 0 Å². The third kappa shape index (κ3) is 6.25. The summed E-state index contributed by atoms with van der Waals surface area (Å²) < 4.78 is 20.8. The highest BCUT2D eigenvalue weighted by Crippen LogP contribution is 2.38. The number of aromatic carboxylic acids is 1. The van der Waals surface area contributed by atoms with Crippen LogP contribution in [0.1, 0.15) is 57.6 Å². The molecule has 0 radical (unpaired) electrons. The molecule has 0 amide bonds. The molecule has 8 heteroatoms. The molecule has 1 fully saturated rings. The van der Waals surface area contributed by atoms with Gasteiger partial charge in [-0.25, -0.2) is 9.18 Å². The number of ether oxygens (including phenoxy) is 1. The van der Waals surface area contributed by atoms with E-state index < -0.39 is 12.1 Å². The van der Waals surface area contributed by atoms with E-state index in [1.165, 1.54) is 12.1 Å². The highest BCUT2D eigenvalue weighted by Gasteiger charge is 2.35. The number of rotatable bonds is 8. The van der Waals surface area contributed by atoms with E-state index in [0.29, 0.717) is 22.2 Å². The Morgan fingerprint density at radius 2 is 1.89 bits per heavy atom. The molecule has 3 atom stereocenters. The van der Waals surface area contributed by atoms with Gasteiger partial charge < -0.3 is 14.9 Å². The van der Waals surface area contributed by atoms with Crippen LogP contribution in [0, 0.1) is 12.7 Å². The predicted molar refractivity (Wildman–Crippen MR) is 138 cm³/mol. The van der Waals surface area contributed by atoms with E-state index in [2.05, 4.69) is 4.90 Å². The highest BCUT2D eigenvalue weighted by atomic mass is 35.5. The number of nitrogens with zero attached hydrogens (tertiary/aromatic N) is 1. The number of carboxylic acid groups (broad SMARTS) is 1. The first-order valence-corrected chi connectivity index (χ1v) is 12.6. The Kier molecular flexibility index (Phi) is 8.65. The Hall–Kier alpha value is -2.48. The Morgan fingerprint density at radius 1 is 1.14 bits per heavy atom. The molecule has 190 valence electrons. The van der Waals surface area contributed by atoms with Gasteiger partial charge in [0.05, 0.1) is 24.3 Å². The van der Waals surface area contributed by atoms with Crippen molar-refractivity contribution in [3.8, 4) is 0 Å². The first-order chi connectivity index (χ1) is 17.2. The van der Waals surface area contributed by atoms with Crippen LogP contribution in [0.15, 0.2) is 60.7 Å². The molecule has 0 aromatic heterocycles. The van der Waals surface area contributed by atoms with Gasteiger partial charge in [-0.3, -0.25) is 4.90 Å². The van der Waals surface area contributed by atoms with Gasteiger partial charge in [0.1, 0.15) is 11.9 Å². The van der Waals surface area contributed by atoms with E-state index >= 15 is 0 Å². The monoisotopic (exact) mass is 531 g/mol. The maximum Gasteiger partial charge on any atom is 0.335 e. The fraction of sp³-hybridized carbons (Fsp3) is 0.321. The molecular weight excluding hydrogens is 504 g/mol. The summed E-state index contributed by atoms with van der Waals surface area (Å²) in [4.78, 5) is 13.6. The SMILES string of the molecule is Cc1cc(C(=O)O)ccc1CN1CCC[C@H](O[C@H](CO)c2cc(Cl)cc(Cl)c2)[C@@H]1c1cccc(F)c1. The van der Waals surface area contributed by atoms with Crippen LogP contribution in [-0.2, 0) is 11.3 Å². The summed E-state index contributed by atoms with van der Waals surface area (Å²) in [7, 11) is 0. The quantitative estimate of drug-likeness (QED) is 0.342. The van der Waals surface area contributed by atoms with Crippen LogP contribution in [-0.4, -0.2) is 40.3 Å². The molecule has 0 spiro atoms. The Bertz CT molecular complexity index is 1220. The average molecular weight is 532 g/mol. The normalized spacial score (nSPS) is 19.2. The standard InChI is InChI=1S/C28H28Cl2FNO4/c1-17-10-19(28(34)35)7-8-20(17)15-32-9-3-6-25(27(32)18-4-2-5-24(31)13-18)36-26(16-33)21-11-22(29)14-23(30)12-21/h2,4-5,7-8,10-14,25-27,33H,3,6,9,15-16H2,1H3,(H,34,35)/t25-,26+,27-/m0/s1. The molecule has 0 bridgehead atoms. The summed E-state index contributed by atoms with van der Waals surface area (Å²) in [5.74, 6) is -1.30. The van der Waals surface area contributed by atoms with Gasteiger partial charge in [-0.05, 0) is 91.0 Å². The summed E-state index contributed by atoms with van der Waals surface area (Å²) >= 11 is 12.4. The van der Waals surface area contributed by atoms with Gasteiger partial charge in [-0.1, -0.05) is 41.4 Å². The van der Waals surface area contributed by atoms with Crippen molar-refractivity contribution in [1.29, 1.82) is 0 Å². The molecule has 0 aliphatic carbocycles. The third-order valence-corrected chi connectivity index (χ3v) is 7.03. The minimum Gasteiger partial charge on any atom is -0.478 e. The number of carboxylic acids is 1. The van der Waals surface area contributed by atoms with Crippen molar-refractivity contribution in [2.75, 3.05) is 13.2 Å². The lowest BCUT2D eigenvalue weighted by Crippen LogP contribution is -2.43. The summed E-state index contributed by atoms with van der Waals surface area (Å²) in [6.45, 7) is 2.92. The lowest BCUT2D eigenvalue weighted by Gasteiger charge is -2.43. The van der Waals surface area contributed by atoms with Gasteiger partial charge in [0.25, 0.3) is 0 Å². The number of aryl methyl sites for hydroxylation is 1. The van der Waals surface area contributed by atoms with Gasteiger partial charge in [-0.15, -0.1) is 0 Å². The number of aliphatic hydroxyl groups excluding tert-OH is 1. The number of hydrogen-bond acceptors (Lipinski definition) is 4. The van der Waals surface area contributed by atoms with Gasteiger partial charge in [-0.2, -0.15) is 0 Å². The third-order valence-electron chi connectivity index (χ3n) is 6.59. The van der Waals surface area contributed by atoms with E-state index in [9.17, 15) is 19.4 Å². The molecule has 1 aliphatic rings. The first kappa shape index (κ1) is 26.6. The van der Waals surface area contributed by atoms with E-state index in [0.717, 1.165) is 36.1 Å². The summed E-state index contributed by atoms with van der Waals surface area (Å²) in [5, 5.41) is 20.4. The smallest absolute Gasteiger partial charge is 0.335 e. The fourth-order valence-electron chi connectivity index (χ4n) is 4.89. The van der Waals surface area contributed by atoms with Crippen LogP contribution in [0.3, 0.4) is 0 Å². The molecule has 3 aromatic rings. The molecule has 1 aliphatic heterocycles.